The third-order valence-corrected chi connectivity index (χ3v) is 3.18. The van der Waals surface area contributed by atoms with Crippen LogP contribution in [0.3, 0.4) is 0 Å². The highest BCUT2D eigenvalue weighted by Gasteiger charge is 2.41. The van der Waals surface area contributed by atoms with Gasteiger partial charge in [0.05, 0.1) is 0 Å². The normalized spacial score (nSPS) is 13.7. The number of alkyl halides is 2. The average Bonchev–Trinajstić information content (AvgIpc) is 2.36. The summed E-state index contributed by atoms with van der Waals surface area (Å²) in [6.07, 6.45) is 0. The van der Waals surface area contributed by atoms with Crippen LogP contribution in [-0.4, -0.2) is 35.5 Å². The van der Waals surface area contributed by atoms with Gasteiger partial charge in [-0.25, -0.2) is 4.79 Å². The average molecular weight is 287 g/mol. The van der Waals surface area contributed by atoms with Crippen LogP contribution in [0.2, 0.25) is 0 Å². The maximum Gasteiger partial charge on any atom is 0.387 e. The third-order valence-electron chi connectivity index (χ3n) is 3.18. The molecule has 0 aliphatic carbocycles. The topological polar surface area (TPSA) is 66.8 Å². The lowest BCUT2D eigenvalue weighted by Gasteiger charge is -2.35. The number of ether oxygens (including phenoxy) is 1. The molecule has 5 nitrogen and oxygen atoms in total. The molecule has 1 aromatic carbocycles. The fourth-order valence-corrected chi connectivity index (χ4v) is 1.75. The lowest BCUT2D eigenvalue weighted by molar-refractivity contribution is -0.156. The van der Waals surface area contributed by atoms with E-state index in [4.69, 9.17) is 0 Å². The summed E-state index contributed by atoms with van der Waals surface area (Å²) in [5.41, 5.74) is -1.51. The van der Waals surface area contributed by atoms with Crippen LogP contribution in [0.5, 0.6) is 5.75 Å². The Morgan fingerprint density at radius 3 is 2.45 bits per heavy atom. The summed E-state index contributed by atoms with van der Waals surface area (Å²) in [4.78, 5) is 24.0. The van der Waals surface area contributed by atoms with Gasteiger partial charge in [-0.2, -0.15) is 8.78 Å². The summed E-state index contributed by atoms with van der Waals surface area (Å²) in [6.45, 7) is -0.467. The number of likely N-dealkylation sites (N-methyl/N-ethyl adjacent to an activating group) is 1. The quantitative estimate of drug-likeness (QED) is 0.900. The molecule has 0 aliphatic rings. The van der Waals surface area contributed by atoms with Gasteiger partial charge in [0.25, 0.3) is 0 Å². The zero-order valence-electron chi connectivity index (χ0n) is 11.3. The zero-order valence-corrected chi connectivity index (χ0v) is 11.3. The van der Waals surface area contributed by atoms with Crippen molar-refractivity contribution in [2.45, 2.75) is 26.0 Å². The summed E-state index contributed by atoms with van der Waals surface area (Å²) in [7, 11) is 1.33. The van der Waals surface area contributed by atoms with Crippen LogP contribution < -0.4 is 4.74 Å². The van der Waals surface area contributed by atoms with E-state index in [1.807, 2.05) is 0 Å². The van der Waals surface area contributed by atoms with Gasteiger partial charge in [-0.3, -0.25) is 4.79 Å². The number of benzene rings is 1. The Balaban J connectivity index is 3.29. The van der Waals surface area contributed by atoms with Crippen LogP contribution in [0, 0.1) is 0 Å². The van der Waals surface area contributed by atoms with Gasteiger partial charge in [0.2, 0.25) is 5.91 Å². The molecule has 1 atom stereocenters. The van der Waals surface area contributed by atoms with Crippen LogP contribution in [0.25, 0.3) is 0 Å². The Morgan fingerprint density at radius 1 is 1.40 bits per heavy atom. The molecule has 0 aliphatic heterocycles. The molecule has 1 rings (SSSR count). The minimum Gasteiger partial charge on any atom is -0.479 e. The van der Waals surface area contributed by atoms with E-state index in [-0.39, 0.29) is 11.3 Å². The Bertz CT molecular complexity index is 521. The van der Waals surface area contributed by atoms with Crippen molar-refractivity contribution < 1.29 is 28.2 Å². The number of carboxylic acids is 1. The molecule has 0 saturated carbocycles. The molecular weight excluding hydrogens is 272 g/mol. The lowest BCUT2D eigenvalue weighted by Crippen LogP contribution is -2.49. The molecule has 0 aromatic heterocycles. The van der Waals surface area contributed by atoms with Crippen molar-refractivity contribution in [2.24, 2.45) is 0 Å². The molecular formula is C13H15F2NO4. The number of carbonyl (C=O) groups is 2. The van der Waals surface area contributed by atoms with Gasteiger partial charge >= 0.3 is 12.6 Å². The first kappa shape index (κ1) is 15.9. The van der Waals surface area contributed by atoms with Gasteiger partial charge in [-0.15, -0.1) is 0 Å². The molecule has 0 bridgehead atoms. The van der Waals surface area contributed by atoms with Gasteiger partial charge in [0, 0.05) is 14.0 Å². The number of carbonyl (C=O) groups excluding carboxylic acids is 1. The molecule has 0 saturated heterocycles. The number of hydrogen-bond acceptors (Lipinski definition) is 3. The minimum absolute atomic E-state index is 0.165. The molecule has 0 radical (unpaired) electrons. The van der Waals surface area contributed by atoms with Gasteiger partial charge in [-0.05, 0) is 24.6 Å². The van der Waals surface area contributed by atoms with Crippen molar-refractivity contribution in [1.29, 1.82) is 0 Å². The van der Waals surface area contributed by atoms with E-state index in [9.17, 15) is 23.5 Å². The number of hydrogen-bond donors (Lipinski definition) is 1. The van der Waals surface area contributed by atoms with Crippen LogP contribution in [0.15, 0.2) is 24.3 Å². The highest BCUT2D eigenvalue weighted by atomic mass is 19.3. The highest BCUT2D eigenvalue weighted by Crippen LogP contribution is 2.30. The van der Waals surface area contributed by atoms with Crippen molar-refractivity contribution in [1.82, 2.24) is 4.90 Å². The third kappa shape index (κ3) is 3.04. The van der Waals surface area contributed by atoms with E-state index in [0.717, 1.165) is 4.90 Å². The number of amides is 1. The molecule has 20 heavy (non-hydrogen) atoms. The van der Waals surface area contributed by atoms with E-state index in [0.29, 0.717) is 0 Å². The second-order valence-electron chi connectivity index (χ2n) is 4.36. The predicted molar refractivity (Wildman–Crippen MR) is 66.5 cm³/mol. The molecule has 110 valence electrons. The standard InChI is InChI=1S/C13H15F2NO4/c1-8(17)16(3)13(2,11(18)19)9-5-4-6-10(7-9)20-12(14)15/h4-7,12H,1-3H3,(H,18,19). The first-order chi connectivity index (χ1) is 9.19. The number of halogens is 2. The minimum atomic E-state index is -3.01. The number of carboxylic acid groups (broad SMARTS) is 1. The Kier molecular flexibility index (Phi) is 4.65. The predicted octanol–water partition coefficient (Wildman–Crippen LogP) is 2.07. The first-order valence-electron chi connectivity index (χ1n) is 5.72. The van der Waals surface area contributed by atoms with Crippen molar-refractivity contribution in [3.63, 3.8) is 0 Å². The van der Waals surface area contributed by atoms with Crippen LogP contribution in [0.4, 0.5) is 8.78 Å². The summed E-state index contributed by atoms with van der Waals surface area (Å²) in [5, 5.41) is 9.40. The number of aliphatic carboxylic acids is 1. The summed E-state index contributed by atoms with van der Waals surface area (Å²) in [6, 6.07) is 5.29. The number of rotatable bonds is 5. The lowest BCUT2D eigenvalue weighted by atomic mass is 9.90. The van der Waals surface area contributed by atoms with Gasteiger partial charge < -0.3 is 14.7 Å². The van der Waals surface area contributed by atoms with Gasteiger partial charge in [0.15, 0.2) is 5.54 Å². The smallest absolute Gasteiger partial charge is 0.387 e. The molecule has 7 heteroatoms. The molecule has 1 N–H and O–H groups in total. The Hall–Kier alpha value is -2.18. The molecule has 0 heterocycles. The highest BCUT2D eigenvalue weighted by molar-refractivity contribution is 5.86. The zero-order chi connectivity index (χ0) is 15.5. The molecule has 1 unspecified atom stereocenters. The molecule has 0 fully saturated rings. The molecule has 0 spiro atoms. The maximum absolute atomic E-state index is 12.2. The maximum atomic E-state index is 12.2. The van der Waals surface area contributed by atoms with E-state index >= 15 is 0 Å². The number of nitrogens with zero attached hydrogens (tertiary/aromatic N) is 1. The summed E-state index contributed by atoms with van der Waals surface area (Å²) in [5.74, 6) is -1.90. The van der Waals surface area contributed by atoms with Crippen LogP contribution >= 0.6 is 0 Å². The second-order valence-corrected chi connectivity index (χ2v) is 4.36. The van der Waals surface area contributed by atoms with Crippen molar-refractivity contribution in [2.75, 3.05) is 7.05 Å². The van der Waals surface area contributed by atoms with Crippen molar-refractivity contribution in [3.8, 4) is 5.75 Å². The first-order valence-corrected chi connectivity index (χ1v) is 5.72. The summed E-state index contributed by atoms with van der Waals surface area (Å²) < 4.78 is 28.6. The Labute approximate surface area is 114 Å². The van der Waals surface area contributed by atoms with Crippen molar-refractivity contribution >= 4 is 11.9 Å². The molecule has 1 amide bonds. The second kappa shape index (κ2) is 5.85. The van der Waals surface area contributed by atoms with Gasteiger partial charge in [0.1, 0.15) is 5.75 Å². The Morgan fingerprint density at radius 2 is 2.00 bits per heavy atom. The van der Waals surface area contributed by atoms with Gasteiger partial charge in [-0.1, -0.05) is 12.1 Å². The van der Waals surface area contributed by atoms with E-state index in [1.165, 1.54) is 45.2 Å². The van der Waals surface area contributed by atoms with E-state index in [1.54, 1.807) is 0 Å². The molecule has 1 aromatic rings. The SMILES string of the molecule is CC(=O)N(C)C(C)(C(=O)O)c1cccc(OC(F)F)c1. The summed E-state index contributed by atoms with van der Waals surface area (Å²) >= 11 is 0. The van der Waals surface area contributed by atoms with E-state index < -0.39 is 24.0 Å². The fourth-order valence-electron chi connectivity index (χ4n) is 1.75. The van der Waals surface area contributed by atoms with Crippen molar-refractivity contribution in [3.05, 3.63) is 29.8 Å². The fraction of sp³-hybridized carbons (Fsp3) is 0.385. The van der Waals surface area contributed by atoms with Crippen LogP contribution in [-0.2, 0) is 15.1 Å². The monoisotopic (exact) mass is 287 g/mol. The largest absolute Gasteiger partial charge is 0.479 e. The van der Waals surface area contributed by atoms with E-state index in [2.05, 4.69) is 4.74 Å². The van der Waals surface area contributed by atoms with Crippen LogP contribution in [0.1, 0.15) is 19.4 Å².